The van der Waals surface area contributed by atoms with E-state index in [1.54, 1.807) is 0 Å². The lowest BCUT2D eigenvalue weighted by Gasteiger charge is -2.02. The molecule has 0 aromatic carbocycles. The molecule has 0 rings (SSSR count). The van der Waals surface area contributed by atoms with Crippen molar-refractivity contribution in [2.24, 2.45) is 0 Å². The molecule has 0 aliphatic rings. The maximum absolute atomic E-state index is 10.4. The molecule has 0 unspecified atom stereocenters. The van der Waals surface area contributed by atoms with Crippen molar-refractivity contribution < 1.29 is 9.90 Å². The van der Waals surface area contributed by atoms with Crippen molar-refractivity contribution in [3.05, 3.63) is 24.3 Å². The molecule has 0 saturated carbocycles. The standard InChI is InChI=1S/C26H48O2/c1-2-3-4-5-6-7-8-9-10-11-12-13-14-15-16-17-18-19-20-21-22-23-24-25-26(27)28/h7-8,10-11H,2-6,9,12-25H2,1H3,(H,27,28). The second kappa shape index (κ2) is 24.0. The molecular formula is C26H48O2. The second-order valence-corrected chi connectivity index (χ2v) is 8.20. The average molecular weight is 393 g/mol. The number of hydrogen-bond acceptors (Lipinski definition) is 1. The third-order valence-corrected chi connectivity index (χ3v) is 5.34. The van der Waals surface area contributed by atoms with Gasteiger partial charge in [0.15, 0.2) is 0 Å². The molecule has 0 aromatic heterocycles. The molecule has 0 aliphatic heterocycles. The van der Waals surface area contributed by atoms with Crippen molar-refractivity contribution in [1.29, 1.82) is 0 Å². The Labute approximate surface area is 175 Å². The highest BCUT2D eigenvalue weighted by Crippen LogP contribution is 2.13. The summed E-state index contributed by atoms with van der Waals surface area (Å²) in [4.78, 5) is 10.4. The van der Waals surface area contributed by atoms with E-state index in [0.29, 0.717) is 6.42 Å². The summed E-state index contributed by atoms with van der Waals surface area (Å²) >= 11 is 0. The summed E-state index contributed by atoms with van der Waals surface area (Å²) in [5, 5.41) is 8.58. The molecule has 0 aliphatic carbocycles. The summed E-state index contributed by atoms with van der Waals surface area (Å²) in [6.07, 6.45) is 34.1. The van der Waals surface area contributed by atoms with E-state index in [-0.39, 0.29) is 0 Å². The molecule has 0 heterocycles. The van der Waals surface area contributed by atoms with Gasteiger partial charge in [-0.3, -0.25) is 4.79 Å². The molecule has 0 aromatic rings. The van der Waals surface area contributed by atoms with E-state index in [1.165, 1.54) is 103 Å². The molecule has 2 nitrogen and oxygen atoms in total. The monoisotopic (exact) mass is 392 g/mol. The van der Waals surface area contributed by atoms with Crippen molar-refractivity contribution in [1.82, 2.24) is 0 Å². The fourth-order valence-electron chi connectivity index (χ4n) is 3.50. The fraction of sp³-hybridized carbons (Fsp3) is 0.808. The Balaban J connectivity index is 3.13. The third-order valence-electron chi connectivity index (χ3n) is 5.34. The van der Waals surface area contributed by atoms with Gasteiger partial charge in [-0.15, -0.1) is 0 Å². The van der Waals surface area contributed by atoms with Crippen LogP contribution in [0.15, 0.2) is 24.3 Å². The summed E-state index contributed by atoms with van der Waals surface area (Å²) in [6, 6.07) is 0. The molecule has 0 bridgehead atoms. The molecule has 1 N–H and O–H groups in total. The number of carboxylic acids is 1. The van der Waals surface area contributed by atoms with Gasteiger partial charge in [-0.25, -0.2) is 0 Å². The Bertz CT molecular complexity index is 371. The zero-order valence-corrected chi connectivity index (χ0v) is 18.8. The highest BCUT2D eigenvalue weighted by atomic mass is 16.4. The quantitative estimate of drug-likeness (QED) is 0.147. The minimum atomic E-state index is -0.656. The van der Waals surface area contributed by atoms with Gasteiger partial charge in [0.05, 0.1) is 0 Å². The molecule has 28 heavy (non-hydrogen) atoms. The van der Waals surface area contributed by atoms with E-state index in [9.17, 15) is 4.79 Å². The predicted octanol–water partition coefficient (Wildman–Crippen LogP) is 9.01. The summed E-state index contributed by atoms with van der Waals surface area (Å²) in [5.41, 5.74) is 0. The largest absolute Gasteiger partial charge is 0.481 e. The average Bonchev–Trinajstić information content (AvgIpc) is 2.68. The molecule has 0 fully saturated rings. The summed E-state index contributed by atoms with van der Waals surface area (Å²) in [7, 11) is 0. The first kappa shape index (κ1) is 27.0. The van der Waals surface area contributed by atoms with Crippen LogP contribution in [0.3, 0.4) is 0 Å². The highest BCUT2D eigenvalue weighted by Gasteiger charge is 1.97. The van der Waals surface area contributed by atoms with Crippen molar-refractivity contribution >= 4 is 5.97 Å². The molecule has 0 spiro atoms. The topological polar surface area (TPSA) is 37.3 Å². The lowest BCUT2D eigenvalue weighted by molar-refractivity contribution is -0.137. The number of carboxylic acid groups (broad SMARTS) is 1. The number of rotatable bonds is 22. The van der Waals surface area contributed by atoms with Gasteiger partial charge in [-0.2, -0.15) is 0 Å². The van der Waals surface area contributed by atoms with Gasteiger partial charge < -0.3 is 5.11 Å². The summed E-state index contributed by atoms with van der Waals surface area (Å²) in [5.74, 6) is -0.656. The smallest absolute Gasteiger partial charge is 0.303 e. The number of carbonyl (C=O) groups is 1. The van der Waals surface area contributed by atoms with Crippen LogP contribution < -0.4 is 0 Å². The van der Waals surface area contributed by atoms with Gasteiger partial charge in [0, 0.05) is 6.42 Å². The molecule has 0 radical (unpaired) electrons. The van der Waals surface area contributed by atoms with Crippen LogP contribution in [0.2, 0.25) is 0 Å². The normalized spacial score (nSPS) is 11.8. The number of allylic oxidation sites excluding steroid dienone is 4. The minimum absolute atomic E-state index is 0.339. The Hall–Kier alpha value is -1.05. The van der Waals surface area contributed by atoms with Crippen LogP contribution >= 0.6 is 0 Å². The van der Waals surface area contributed by atoms with Crippen LogP contribution in [0, 0.1) is 0 Å². The Morgan fingerprint density at radius 1 is 0.571 bits per heavy atom. The van der Waals surface area contributed by atoms with Gasteiger partial charge in [-0.05, 0) is 38.5 Å². The molecule has 0 amide bonds. The molecule has 0 saturated heterocycles. The van der Waals surface area contributed by atoms with E-state index in [1.807, 2.05) is 0 Å². The third kappa shape index (κ3) is 24.9. The van der Waals surface area contributed by atoms with E-state index in [2.05, 4.69) is 31.2 Å². The zero-order chi connectivity index (χ0) is 20.5. The Morgan fingerprint density at radius 2 is 0.964 bits per heavy atom. The minimum Gasteiger partial charge on any atom is -0.481 e. The van der Waals surface area contributed by atoms with Crippen LogP contribution in [0.4, 0.5) is 0 Å². The SMILES string of the molecule is CCCCCCC=CCC=CCCCCCCCCCCCCCCC(=O)O. The highest BCUT2D eigenvalue weighted by molar-refractivity contribution is 5.66. The van der Waals surface area contributed by atoms with Crippen molar-refractivity contribution in [3.8, 4) is 0 Å². The summed E-state index contributed by atoms with van der Waals surface area (Å²) < 4.78 is 0. The first-order valence-electron chi connectivity index (χ1n) is 12.3. The zero-order valence-electron chi connectivity index (χ0n) is 18.8. The number of unbranched alkanes of at least 4 members (excludes halogenated alkanes) is 16. The number of hydrogen-bond donors (Lipinski definition) is 1. The van der Waals surface area contributed by atoms with E-state index in [4.69, 9.17) is 5.11 Å². The van der Waals surface area contributed by atoms with Gasteiger partial charge in [0.1, 0.15) is 0 Å². The van der Waals surface area contributed by atoms with E-state index >= 15 is 0 Å². The number of aliphatic carboxylic acids is 1. The van der Waals surface area contributed by atoms with Crippen LogP contribution in [0.5, 0.6) is 0 Å². The van der Waals surface area contributed by atoms with Gasteiger partial charge in [-0.1, -0.05) is 115 Å². The molecule has 2 heteroatoms. The van der Waals surface area contributed by atoms with Crippen LogP contribution in [0.1, 0.15) is 135 Å². The second-order valence-electron chi connectivity index (χ2n) is 8.20. The van der Waals surface area contributed by atoms with E-state index < -0.39 is 5.97 Å². The maximum atomic E-state index is 10.4. The van der Waals surface area contributed by atoms with Crippen molar-refractivity contribution in [3.63, 3.8) is 0 Å². The lowest BCUT2D eigenvalue weighted by Crippen LogP contribution is -1.93. The van der Waals surface area contributed by atoms with Crippen molar-refractivity contribution in [2.75, 3.05) is 0 Å². The lowest BCUT2D eigenvalue weighted by atomic mass is 10.0. The van der Waals surface area contributed by atoms with E-state index in [0.717, 1.165) is 19.3 Å². The first-order valence-corrected chi connectivity index (χ1v) is 12.3. The van der Waals surface area contributed by atoms with Gasteiger partial charge in [0.25, 0.3) is 0 Å². The molecular weight excluding hydrogens is 344 g/mol. The molecule has 164 valence electrons. The van der Waals surface area contributed by atoms with Gasteiger partial charge in [0.2, 0.25) is 0 Å². The molecule has 0 atom stereocenters. The van der Waals surface area contributed by atoms with Crippen molar-refractivity contribution in [2.45, 2.75) is 135 Å². The van der Waals surface area contributed by atoms with Gasteiger partial charge >= 0.3 is 5.97 Å². The van der Waals surface area contributed by atoms with Crippen LogP contribution in [-0.4, -0.2) is 11.1 Å². The summed E-state index contributed by atoms with van der Waals surface area (Å²) in [6.45, 7) is 2.26. The fourth-order valence-corrected chi connectivity index (χ4v) is 3.50. The van der Waals surface area contributed by atoms with Crippen LogP contribution in [-0.2, 0) is 4.79 Å². The predicted molar refractivity (Wildman–Crippen MR) is 124 cm³/mol. The Kier molecular flexibility index (Phi) is 23.1. The Morgan fingerprint density at radius 3 is 1.39 bits per heavy atom. The van der Waals surface area contributed by atoms with Crippen LogP contribution in [0.25, 0.3) is 0 Å². The first-order chi connectivity index (χ1) is 13.8. The maximum Gasteiger partial charge on any atom is 0.303 e.